The molecule has 0 radical (unpaired) electrons. The Morgan fingerprint density at radius 3 is 2.96 bits per heavy atom. The van der Waals surface area contributed by atoms with Crippen LogP contribution in [0.2, 0.25) is 0 Å². The third kappa shape index (κ3) is 4.34. The largest absolute Gasteiger partial charge is 0.449 e. The molecule has 1 aliphatic heterocycles. The average molecular weight is 313 g/mol. The summed E-state index contributed by atoms with van der Waals surface area (Å²) in [4.78, 5) is 21.5. The Hall–Kier alpha value is -2.30. The minimum Gasteiger partial charge on any atom is -0.449 e. The zero-order valence-electron chi connectivity index (χ0n) is 13.3. The highest BCUT2D eigenvalue weighted by molar-refractivity contribution is 5.67. The zero-order chi connectivity index (χ0) is 15.9. The van der Waals surface area contributed by atoms with Crippen LogP contribution in [0.1, 0.15) is 29.8 Å². The van der Waals surface area contributed by atoms with E-state index in [1.165, 1.54) is 11.3 Å². The molecule has 122 valence electrons. The summed E-state index contributed by atoms with van der Waals surface area (Å²) in [5.74, 6) is 0. The summed E-state index contributed by atoms with van der Waals surface area (Å²) in [5.41, 5.74) is 3.56. The van der Waals surface area contributed by atoms with Gasteiger partial charge in [-0.05, 0) is 31.2 Å². The van der Waals surface area contributed by atoms with Gasteiger partial charge in [0.1, 0.15) is 0 Å². The molecule has 0 bridgehead atoms. The van der Waals surface area contributed by atoms with E-state index in [1.807, 2.05) is 18.2 Å². The van der Waals surface area contributed by atoms with Crippen molar-refractivity contribution < 1.29 is 9.53 Å². The Bertz CT molecular complexity index is 624. The second-order valence-electron chi connectivity index (χ2n) is 5.87. The van der Waals surface area contributed by atoms with Crippen LogP contribution in [0.25, 0.3) is 0 Å². The quantitative estimate of drug-likeness (QED) is 0.883. The van der Waals surface area contributed by atoms with Crippen LogP contribution in [-0.4, -0.2) is 40.7 Å². The molecule has 1 N–H and O–H groups in total. The predicted octanol–water partition coefficient (Wildman–Crippen LogP) is 2.97. The smallest absolute Gasteiger partial charge is 0.409 e. The van der Waals surface area contributed by atoms with Gasteiger partial charge in [0.05, 0.1) is 18.6 Å². The van der Waals surface area contributed by atoms with Crippen LogP contribution in [0.3, 0.4) is 0 Å². The van der Waals surface area contributed by atoms with Crippen molar-refractivity contribution in [3.05, 3.63) is 53.6 Å². The highest BCUT2D eigenvalue weighted by Crippen LogP contribution is 2.13. The van der Waals surface area contributed by atoms with Crippen molar-refractivity contribution in [1.29, 1.82) is 0 Å². The number of carbonyl (C=O) groups is 1. The number of H-pyrrole nitrogens is 1. The molecular weight excluding hydrogens is 290 g/mol. The van der Waals surface area contributed by atoms with Crippen molar-refractivity contribution in [3.8, 4) is 0 Å². The molecule has 1 aromatic heterocycles. The fraction of sp³-hybridized carbons (Fsp3) is 0.444. The lowest BCUT2D eigenvalue weighted by molar-refractivity contribution is 0.100. The van der Waals surface area contributed by atoms with Crippen molar-refractivity contribution in [3.63, 3.8) is 0 Å². The molecule has 3 rings (SSSR count). The first-order chi connectivity index (χ1) is 11.3. The number of hydrogen-bond donors (Lipinski definition) is 1. The van der Waals surface area contributed by atoms with Crippen molar-refractivity contribution in [2.45, 2.75) is 32.1 Å². The highest BCUT2D eigenvalue weighted by Gasteiger charge is 2.19. The third-order valence-corrected chi connectivity index (χ3v) is 4.22. The first-order valence-corrected chi connectivity index (χ1v) is 8.29. The molecule has 0 saturated carbocycles. The second-order valence-corrected chi connectivity index (χ2v) is 5.87. The maximum Gasteiger partial charge on any atom is 0.409 e. The Morgan fingerprint density at radius 2 is 2.09 bits per heavy atom. The average Bonchev–Trinajstić information content (AvgIpc) is 2.99. The molecule has 2 heterocycles. The van der Waals surface area contributed by atoms with Crippen LogP contribution in [0, 0.1) is 0 Å². The van der Waals surface area contributed by atoms with Crippen LogP contribution < -0.4 is 0 Å². The lowest BCUT2D eigenvalue weighted by atomic mass is 10.1. The predicted molar refractivity (Wildman–Crippen MR) is 88.3 cm³/mol. The van der Waals surface area contributed by atoms with E-state index >= 15 is 0 Å². The molecule has 1 amide bonds. The van der Waals surface area contributed by atoms with Gasteiger partial charge in [-0.2, -0.15) is 0 Å². The van der Waals surface area contributed by atoms with Gasteiger partial charge in [0.15, 0.2) is 0 Å². The van der Waals surface area contributed by atoms with E-state index in [4.69, 9.17) is 4.74 Å². The highest BCUT2D eigenvalue weighted by atomic mass is 16.6. The Kier molecular flexibility index (Phi) is 5.29. The van der Waals surface area contributed by atoms with Crippen molar-refractivity contribution >= 4 is 6.09 Å². The monoisotopic (exact) mass is 313 g/mol. The fourth-order valence-electron chi connectivity index (χ4n) is 2.93. The van der Waals surface area contributed by atoms with Crippen LogP contribution in [-0.2, 0) is 24.0 Å². The molecule has 5 nitrogen and oxygen atoms in total. The number of imidazole rings is 1. The van der Waals surface area contributed by atoms with Gasteiger partial charge in [-0.25, -0.2) is 9.78 Å². The van der Waals surface area contributed by atoms with Gasteiger partial charge in [-0.15, -0.1) is 0 Å². The number of aryl methyl sites for hydroxylation is 2. The first kappa shape index (κ1) is 15.6. The maximum absolute atomic E-state index is 12.2. The number of hydrogen-bond acceptors (Lipinski definition) is 3. The van der Waals surface area contributed by atoms with E-state index in [0.717, 1.165) is 44.3 Å². The summed E-state index contributed by atoms with van der Waals surface area (Å²) in [6, 6.07) is 10.3. The molecule has 5 heteroatoms. The molecule has 2 aromatic rings. The molecule has 0 unspecified atom stereocenters. The minimum atomic E-state index is -0.197. The Balaban J connectivity index is 1.41. The Morgan fingerprint density at radius 1 is 1.22 bits per heavy atom. The summed E-state index contributed by atoms with van der Waals surface area (Å²) >= 11 is 0. The Labute approximate surface area is 136 Å². The van der Waals surface area contributed by atoms with Gasteiger partial charge in [0.2, 0.25) is 0 Å². The normalized spacial score (nSPS) is 14.7. The van der Waals surface area contributed by atoms with Crippen LogP contribution >= 0.6 is 0 Å². The first-order valence-electron chi connectivity index (χ1n) is 8.29. The fourth-order valence-corrected chi connectivity index (χ4v) is 2.93. The minimum absolute atomic E-state index is 0.197. The number of rotatable bonds is 4. The van der Waals surface area contributed by atoms with Crippen LogP contribution in [0.15, 0.2) is 36.7 Å². The number of amides is 1. The summed E-state index contributed by atoms with van der Waals surface area (Å²) in [7, 11) is 0. The van der Waals surface area contributed by atoms with E-state index in [0.29, 0.717) is 13.2 Å². The van der Waals surface area contributed by atoms with E-state index in [-0.39, 0.29) is 6.09 Å². The topological polar surface area (TPSA) is 58.2 Å². The molecule has 1 aliphatic rings. The number of fused-ring (bicyclic) bond motifs is 1. The van der Waals surface area contributed by atoms with Gasteiger partial charge in [0, 0.05) is 25.2 Å². The number of ether oxygens (including phenoxy) is 1. The standard InChI is InChI=1S/C18H23N3O2/c22-18(23-13-5-8-15-6-2-1-3-7-15)21-11-4-9-16-17(10-12-21)20-14-19-16/h1-3,6-7,14H,4-5,8-13H2,(H,19,20). The number of carbonyl (C=O) groups excluding carboxylic acids is 1. The van der Waals surface area contributed by atoms with Crippen LogP contribution in [0.4, 0.5) is 4.79 Å². The SMILES string of the molecule is O=C(OCCCc1ccccc1)N1CCCc2[nH]cnc2CC1. The summed E-state index contributed by atoms with van der Waals surface area (Å²) < 4.78 is 5.43. The van der Waals surface area contributed by atoms with Crippen LogP contribution in [0.5, 0.6) is 0 Å². The zero-order valence-corrected chi connectivity index (χ0v) is 13.3. The number of aromatic amines is 1. The number of nitrogens with one attached hydrogen (secondary N) is 1. The van der Waals surface area contributed by atoms with Gasteiger partial charge in [-0.1, -0.05) is 30.3 Å². The summed E-state index contributed by atoms with van der Waals surface area (Å²) in [5, 5.41) is 0. The van der Waals surface area contributed by atoms with E-state index in [1.54, 1.807) is 11.2 Å². The number of aromatic nitrogens is 2. The van der Waals surface area contributed by atoms with Gasteiger partial charge < -0.3 is 14.6 Å². The lowest BCUT2D eigenvalue weighted by Crippen LogP contribution is -2.36. The van der Waals surface area contributed by atoms with Crippen molar-refractivity contribution in [2.24, 2.45) is 0 Å². The van der Waals surface area contributed by atoms with E-state index in [9.17, 15) is 4.79 Å². The molecule has 0 spiro atoms. The molecule has 0 atom stereocenters. The number of benzene rings is 1. The summed E-state index contributed by atoms with van der Waals surface area (Å²) in [6.07, 6.45) is 6.00. The maximum atomic E-state index is 12.2. The van der Waals surface area contributed by atoms with E-state index in [2.05, 4.69) is 22.1 Å². The number of nitrogens with zero attached hydrogens (tertiary/aromatic N) is 2. The van der Waals surface area contributed by atoms with E-state index < -0.39 is 0 Å². The molecular formula is C18H23N3O2. The van der Waals surface area contributed by atoms with Gasteiger partial charge >= 0.3 is 6.09 Å². The third-order valence-electron chi connectivity index (χ3n) is 4.22. The molecule has 1 aromatic carbocycles. The lowest BCUT2D eigenvalue weighted by Gasteiger charge is -2.23. The van der Waals surface area contributed by atoms with Crippen molar-refractivity contribution in [2.75, 3.05) is 19.7 Å². The molecule has 23 heavy (non-hydrogen) atoms. The molecule has 0 aliphatic carbocycles. The van der Waals surface area contributed by atoms with Gasteiger partial charge in [0.25, 0.3) is 0 Å². The summed E-state index contributed by atoms with van der Waals surface area (Å²) in [6.45, 7) is 1.89. The van der Waals surface area contributed by atoms with Gasteiger partial charge in [-0.3, -0.25) is 0 Å². The molecule has 0 saturated heterocycles. The molecule has 0 fully saturated rings. The van der Waals surface area contributed by atoms with Crippen molar-refractivity contribution in [1.82, 2.24) is 14.9 Å². The second kappa shape index (κ2) is 7.81.